The van der Waals surface area contributed by atoms with Gasteiger partial charge in [0.1, 0.15) is 5.69 Å². The zero-order chi connectivity index (χ0) is 14.4. The van der Waals surface area contributed by atoms with Gasteiger partial charge in [-0.3, -0.25) is 4.79 Å². The Kier molecular flexibility index (Phi) is 11.0. The van der Waals surface area contributed by atoms with Gasteiger partial charge >= 0.3 is 0 Å². The van der Waals surface area contributed by atoms with Crippen molar-refractivity contribution in [1.29, 1.82) is 0 Å². The summed E-state index contributed by atoms with van der Waals surface area (Å²) in [5.41, 5.74) is 5.93. The third-order valence-corrected chi connectivity index (χ3v) is 3.85. The molecule has 2 rings (SSSR count). The lowest BCUT2D eigenvalue weighted by Crippen LogP contribution is -2.41. The van der Waals surface area contributed by atoms with E-state index in [-0.39, 0.29) is 36.8 Å². The van der Waals surface area contributed by atoms with Gasteiger partial charge in [0.05, 0.1) is 6.10 Å². The first kappa shape index (κ1) is 21.6. The normalized spacial score (nSPS) is 14.9. The summed E-state index contributed by atoms with van der Waals surface area (Å²) in [6, 6.07) is 3.58. The smallest absolute Gasteiger partial charge is 0.272 e. The number of ether oxygens (including phenoxy) is 1. The molecule has 1 aromatic heterocycles. The lowest BCUT2D eigenvalue weighted by atomic mass is 10.1. The van der Waals surface area contributed by atoms with E-state index in [4.69, 9.17) is 10.5 Å². The Labute approximate surface area is 151 Å². The minimum absolute atomic E-state index is 0. The molecule has 0 radical (unpaired) electrons. The highest BCUT2D eigenvalue weighted by Crippen LogP contribution is 2.16. The van der Waals surface area contributed by atoms with Gasteiger partial charge in [-0.2, -0.15) is 0 Å². The Morgan fingerprint density at radius 2 is 2.05 bits per heavy atom. The maximum atomic E-state index is 12.3. The first-order valence-corrected chi connectivity index (χ1v) is 7.72. The number of pyridine rings is 1. The molecule has 5 nitrogen and oxygen atoms in total. The molecular formula is C14H22BrCl2N3O2. The number of carbonyl (C=O) groups excluding carboxylic acids is 1. The first-order valence-electron chi connectivity index (χ1n) is 6.93. The molecule has 0 unspecified atom stereocenters. The quantitative estimate of drug-likeness (QED) is 0.752. The second kappa shape index (κ2) is 11.2. The number of nitrogens with zero attached hydrogens (tertiary/aromatic N) is 2. The lowest BCUT2D eigenvalue weighted by molar-refractivity contribution is 0.00829. The van der Waals surface area contributed by atoms with Crippen LogP contribution in [0.3, 0.4) is 0 Å². The predicted molar refractivity (Wildman–Crippen MR) is 95.0 cm³/mol. The zero-order valence-electron chi connectivity index (χ0n) is 12.2. The SMILES string of the molecule is Cl.Cl.NCCCOC1CCN(C(=O)c2ccc(Br)cn2)CC1. The highest BCUT2D eigenvalue weighted by Gasteiger charge is 2.24. The van der Waals surface area contributed by atoms with Gasteiger partial charge in [-0.1, -0.05) is 0 Å². The van der Waals surface area contributed by atoms with Gasteiger partial charge in [0, 0.05) is 30.4 Å². The Hall–Kier alpha value is -0.400. The number of hydrogen-bond donors (Lipinski definition) is 1. The van der Waals surface area contributed by atoms with Gasteiger partial charge in [-0.15, -0.1) is 24.8 Å². The van der Waals surface area contributed by atoms with E-state index in [2.05, 4.69) is 20.9 Å². The lowest BCUT2D eigenvalue weighted by Gasteiger charge is -2.31. The maximum absolute atomic E-state index is 12.3. The van der Waals surface area contributed by atoms with Crippen LogP contribution in [-0.4, -0.2) is 48.1 Å². The summed E-state index contributed by atoms with van der Waals surface area (Å²) >= 11 is 3.32. The van der Waals surface area contributed by atoms with Gasteiger partial charge < -0.3 is 15.4 Å². The topological polar surface area (TPSA) is 68.5 Å². The molecule has 22 heavy (non-hydrogen) atoms. The van der Waals surface area contributed by atoms with Crippen molar-refractivity contribution < 1.29 is 9.53 Å². The molecular weight excluding hydrogens is 393 g/mol. The second-order valence-corrected chi connectivity index (χ2v) is 5.78. The molecule has 2 heterocycles. The van der Waals surface area contributed by atoms with E-state index >= 15 is 0 Å². The molecule has 1 aliphatic rings. The van der Waals surface area contributed by atoms with E-state index < -0.39 is 0 Å². The molecule has 0 spiro atoms. The second-order valence-electron chi connectivity index (χ2n) is 4.87. The molecule has 1 fully saturated rings. The fourth-order valence-electron chi connectivity index (χ4n) is 2.22. The number of rotatable bonds is 5. The van der Waals surface area contributed by atoms with Crippen molar-refractivity contribution in [3.05, 3.63) is 28.5 Å². The number of likely N-dealkylation sites (tertiary alicyclic amines) is 1. The van der Waals surface area contributed by atoms with E-state index in [1.165, 1.54) is 0 Å². The monoisotopic (exact) mass is 413 g/mol. The molecule has 0 aromatic carbocycles. The number of piperidine rings is 1. The van der Waals surface area contributed by atoms with E-state index in [9.17, 15) is 4.79 Å². The number of hydrogen-bond acceptors (Lipinski definition) is 4. The Morgan fingerprint density at radius 1 is 1.36 bits per heavy atom. The van der Waals surface area contributed by atoms with E-state index in [1.807, 2.05) is 11.0 Å². The van der Waals surface area contributed by atoms with Crippen LogP contribution in [0.4, 0.5) is 0 Å². The highest BCUT2D eigenvalue weighted by molar-refractivity contribution is 9.10. The van der Waals surface area contributed by atoms with Gasteiger partial charge in [-0.05, 0) is 53.9 Å². The standard InChI is InChI=1S/C14H20BrN3O2.2ClH/c15-11-2-3-13(17-10-11)14(19)18-7-4-12(5-8-18)20-9-1-6-16;;/h2-3,10,12H,1,4-9,16H2;2*1H. The van der Waals surface area contributed by atoms with Gasteiger partial charge in [0.25, 0.3) is 5.91 Å². The summed E-state index contributed by atoms with van der Waals surface area (Å²) < 4.78 is 6.61. The average Bonchev–Trinajstić information content (AvgIpc) is 2.48. The molecule has 0 bridgehead atoms. The maximum Gasteiger partial charge on any atom is 0.272 e. The summed E-state index contributed by atoms with van der Waals surface area (Å²) in [4.78, 5) is 18.3. The van der Waals surface area contributed by atoms with Crippen LogP contribution in [0.1, 0.15) is 29.8 Å². The number of aromatic nitrogens is 1. The number of carbonyl (C=O) groups is 1. The molecule has 126 valence electrons. The Bertz CT molecular complexity index is 440. The Balaban J connectivity index is 0.00000220. The molecule has 0 atom stereocenters. The summed E-state index contributed by atoms with van der Waals surface area (Å²) in [6.45, 7) is 2.82. The van der Waals surface area contributed by atoms with Crippen molar-refractivity contribution in [3.8, 4) is 0 Å². The summed E-state index contributed by atoms with van der Waals surface area (Å²) in [5.74, 6) is -0.00194. The van der Waals surface area contributed by atoms with Crippen molar-refractivity contribution in [1.82, 2.24) is 9.88 Å². The van der Waals surface area contributed by atoms with E-state index in [0.29, 0.717) is 18.8 Å². The molecule has 1 aromatic rings. The summed E-state index contributed by atoms with van der Waals surface area (Å²) in [6.07, 6.45) is 4.56. The molecule has 8 heteroatoms. The van der Waals surface area contributed by atoms with Crippen LogP contribution in [0.25, 0.3) is 0 Å². The van der Waals surface area contributed by atoms with Crippen LogP contribution >= 0.6 is 40.7 Å². The van der Waals surface area contributed by atoms with Gasteiger partial charge in [-0.25, -0.2) is 4.98 Å². The van der Waals surface area contributed by atoms with Crippen LogP contribution in [-0.2, 0) is 4.74 Å². The van der Waals surface area contributed by atoms with Crippen LogP contribution in [0.2, 0.25) is 0 Å². The fraction of sp³-hybridized carbons (Fsp3) is 0.571. The third kappa shape index (κ3) is 6.38. The summed E-state index contributed by atoms with van der Waals surface area (Å²) in [7, 11) is 0. The number of amides is 1. The van der Waals surface area contributed by atoms with Crippen molar-refractivity contribution in [3.63, 3.8) is 0 Å². The molecule has 2 N–H and O–H groups in total. The average molecular weight is 415 g/mol. The summed E-state index contributed by atoms with van der Waals surface area (Å²) in [5, 5.41) is 0. The number of halogens is 3. The highest BCUT2D eigenvalue weighted by atomic mass is 79.9. The van der Waals surface area contributed by atoms with Gasteiger partial charge in [0.15, 0.2) is 0 Å². The van der Waals surface area contributed by atoms with Crippen LogP contribution in [0, 0.1) is 0 Å². The van der Waals surface area contributed by atoms with Crippen LogP contribution in [0.15, 0.2) is 22.8 Å². The predicted octanol–water partition coefficient (Wildman–Crippen LogP) is 2.66. The fourth-order valence-corrected chi connectivity index (χ4v) is 2.46. The molecule has 0 aliphatic carbocycles. The number of nitrogens with two attached hydrogens (primary N) is 1. The van der Waals surface area contributed by atoms with Gasteiger partial charge in [0.2, 0.25) is 0 Å². The molecule has 0 saturated carbocycles. The van der Waals surface area contributed by atoms with Crippen molar-refractivity contribution in [2.24, 2.45) is 5.73 Å². The van der Waals surface area contributed by atoms with Crippen LogP contribution < -0.4 is 5.73 Å². The van der Waals surface area contributed by atoms with Crippen molar-refractivity contribution in [2.75, 3.05) is 26.2 Å². The minimum atomic E-state index is -0.00194. The van der Waals surface area contributed by atoms with Crippen LogP contribution in [0.5, 0.6) is 0 Å². The first-order chi connectivity index (χ1) is 9.70. The minimum Gasteiger partial charge on any atom is -0.378 e. The van der Waals surface area contributed by atoms with E-state index in [1.54, 1.807) is 12.3 Å². The zero-order valence-corrected chi connectivity index (χ0v) is 15.5. The van der Waals surface area contributed by atoms with Crippen molar-refractivity contribution in [2.45, 2.75) is 25.4 Å². The molecule has 1 aliphatic heterocycles. The largest absolute Gasteiger partial charge is 0.378 e. The van der Waals surface area contributed by atoms with E-state index in [0.717, 1.165) is 36.8 Å². The molecule has 1 amide bonds. The molecule has 1 saturated heterocycles. The Morgan fingerprint density at radius 3 is 2.59 bits per heavy atom. The van der Waals surface area contributed by atoms with Crippen molar-refractivity contribution >= 4 is 46.7 Å². The third-order valence-electron chi connectivity index (χ3n) is 3.38.